The third kappa shape index (κ3) is 9.22. The predicted octanol–water partition coefficient (Wildman–Crippen LogP) is 10.7. The van der Waals surface area contributed by atoms with Crippen LogP contribution in [0, 0.1) is 0 Å². The molecule has 0 atom stereocenters. The molecule has 0 unspecified atom stereocenters. The van der Waals surface area contributed by atoms with E-state index in [0.29, 0.717) is 24.5 Å². The van der Waals surface area contributed by atoms with Gasteiger partial charge in [-0.2, -0.15) is 14.8 Å². The molecule has 1 aromatic heterocycles. The van der Waals surface area contributed by atoms with Crippen LogP contribution in [0.4, 0.5) is 22.7 Å². The van der Waals surface area contributed by atoms with Crippen molar-refractivity contribution >= 4 is 52.2 Å². The summed E-state index contributed by atoms with van der Waals surface area (Å²) in [5.74, 6) is -0.514. The number of Topliss-reactive ketones (excluding diaryl/α,β-unsaturated/α-hetero) is 1. The standard InChI is InChI=1S/C56H48N6O2/c63-55-53(51-37-35-49(59(51)39-19-25-43-21-7-1-8-22-43)41-57-61(45-27-11-3-12-28-45)46-29-13-4-14-30-46)56(64)54(55)52-38-36-50(60(52)40-20-26-44-23-9-2-10-24-44)42-58-62(47-31-15-5-16-32-47)48-33-17-6-18-34-48/h1-18,21-24,27-38,41-42H,19-20,25-26,39-40H2. The Morgan fingerprint density at radius 1 is 0.516 bits per heavy atom. The normalized spacial score (nSPS) is 14.8. The lowest BCUT2D eigenvalue weighted by Crippen LogP contribution is -2.33. The lowest BCUT2D eigenvalue weighted by Gasteiger charge is -2.31. The molecule has 0 amide bonds. The Labute approximate surface area is 374 Å². The van der Waals surface area contributed by atoms with Gasteiger partial charge in [-0.3, -0.25) is 4.79 Å². The fraction of sp³-hybridized carbons (Fsp3) is 0.107. The van der Waals surface area contributed by atoms with E-state index in [1.807, 2.05) is 204 Å². The number of hydrogen-bond donors (Lipinski definition) is 0. The molecule has 0 N–H and O–H groups in total. The lowest BCUT2D eigenvalue weighted by atomic mass is 9.84. The number of aryl methyl sites for hydroxylation is 2. The summed E-state index contributed by atoms with van der Waals surface area (Å²) in [6.45, 7) is 1.18. The second-order valence-electron chi connectivity index (χ2n) is 15.6. The maximum Gasteiger partial charge on any atom is 0.226 e. The van der Waals surface area contributed by atoms with Crippen molar-refractivity contribution in [2.45, 2.75) is 32.2 Å². The van der Waals surface area contributed by atoms with Crippen LogP contribution in [-0.2, 0) is 24.2 Å². The zero-order valence-corrected chi connectivity index (χ0v) is 35.5. The van der Waals surface area contributed by atoms with Crippen LogP contribution in [0.15, 0.2) is 234 Å². The topological polar surface area (TPSA) is 79.3 Å². The van der Waals surface area contributed by atoms with E-state index in [4.69, 9.17) is 10.2 Å². The molecule has 1 aliphatic carbocycles. The fourth-order valence-electron chi connectivity index (χ4n) is 8.23. The van der Waals surface area contributed by atoms with Crippen LogP contribution < -0.4 is 15.1 Å². The van der Waals surface area contributed by atoms with E-state index in [1.54, 1.807) is 0 Å². The molecule has 8 heteroatoms. The van der Waals surface area contributed by atoms with Crippen LogP contribution in [0.1, 0.15) is 35.4 Å². The van der Waals surface area contributed by atoms with Gasteiger partial charge in [0.05, 0.1) is 45.9 Å². The first-order chi connectivity index (χ1) is 31.6. The summed E-state index contributed by atoms with van der Waals surface area (Å²) in [5.41, 5.74) is 9.30. The number of carbonyl (C=O) groups is 1. The van der Waals surface area contributed by atoms with Gasteiger partial charge in [-0.25, -0.2) is 10.0 Å². The number of ketones is 1. The number of carbonyl (C=O) groups excluding carboxylic acids is 1. The molecule has 0 bridgehead atoms. The highest BCUT2D eigenvalue weighted by Gasteiger charge is 2.38. The minimum atomic E-state index is -0.257. The quantitative estimate of drug-likeness (QED) is 0.0396. The molecule has 8 nitrogen and oxygen atoms in total. The summed E-state index contributed by atoms with van der Waals surface area (Å²) in [6.07, 6.45) is 10.8. The highest BCUT2D eigenvalue weighted by atomic mass is 16.3. The number of hydrazone groups is 2. The van der Waals surface area contributed by atoms with E-state index in [1.165, 1.54) is 11.1 Å². The van der Waals surface area contributed by atoms with Crippen molar-refractivity contribution in [1.82, 2.24) is 4.57 Å². The number of benzene rings is 6. The summed E-state index contributed by atoms with van der Waals surface area (Å²) in [6, 6.07) is 64.6. The average molecular weight is 837 g/mol. The van der Waals surface area contributed by atoms with Gasteiger partial charge in [-0.1, -0.05) is 139 Å². The lowest BCUT2D eigenvalue weighted by molar-refractivity contribution is -0.468. The molecule has 7 aromatic rings. The molecular formula is C56H48N6O2. The number of rotatable bonds is 17. The molecule has 314 valence electrons. The van der Waals surface area contributed by atoms with Gasteiger partial charge < -0.3 is 9.67 Å². The Morgan fingerprint density at radius 2 is 0.969 bits per heavy atom. The summed E-state index contributed by atoms with van der Waals surface area (Å²) >= 11 is 0. The van der Waals surface area contributed by atoms with Crippen LogP contribution in [-0.4, -0.2) is 39.6 Å². The molecule has 0 saturated carbocycles. The first kappa shape index (κ1) is 41.3. The maximum atomic E-state index is 14.6. The predicted molar refractivity (Wildman–Crippen MR) is 258 cm³/mol. The number of allylic oxidation sites excluding steroid dienone is 4. The van der Waals surface area contributed by atoms with Gasteiger partial charge in [0.15, 0.2) is 0 Å². The third-order valence-electron chi connectivity index (χ3n) is 11.4. The molecule has 1 aliphatic heterocycles. The van der Waals surface area contributed by atoms with Gasteiger partial charge in [0, 0.05) is 30.7 Å². The molecule has 0 fully saturated rings. The number of nitrogens with zero attached hydrogens (tertiary/aromatic N) is 6. The van der Waals surface area contributed by atoms with Gasteiger partial charge in [-0.05, 0) is 91.1 Å². The Bertz CT molecular complexity index is 2800. The van der Waals surface area contributed by atoms with Crippen molar-refractivity contribution in [2.75, 3.05) is 16.6 Å². The molecule has 0 spiro atoms. The average Bonchev–Trinajstić information content (AvgIpc) is 3.93. The van der Waals surface area contributed by atoms with Crippen molar-refractivity contribution in [3.05, 3.63) is 246 Å². The molecule has 2 aliphatic rings. The Hall–Kier alpha value is -8.10. The van der Waals surface area contributed by atoms with Crippen molar-refractivity contribution < 1.29 is 14.5 Å². The van der Waals surface area contributed by atoms with Gasteiger partial charge in [-0.15, -0.1) is 0 Å². The van der Waals surface area contributed by atoms with E-state index in [9.17, 15) is 9.90 Å². The number of para-hydroxylation sites is 4. The zero-order chi connectivity index (χ0) is 43.5. The molecule has 0 radical (unpaired) electrons. The van der Waals surface area contributed by atoms with E-state index in [0.717, 1.165) is 59.8 Å². The highest BCUT2D eigenvalue weighted by Crippen LogP contribution is 2.39. The molecule has 9 rings (SSSR count). The SMILES string of the molecule is O=C1C(c2ccc(/C=N/N(c3ccccc3)c3ccccc3)n2CCCc2ccccc2)=C([O-])/C1=C1/C=CC(/C=N/N(c2ccccc2)c2ccccc2)=[N+]1CCCc1ccccc1. The van der Waals surface area contributed by atoms with E-state index >= 15 is 0 Å². The van der Waals surface area contributed by atoms with Gasteiger partial charge in [0.2, 0.25) is 17.2 Å². The zero-order valence-electron chi connectivity index (χ0n) is 35.5. The highest BCUT2D eigenvalue weighted by molar-refractivity contribution is 6.39. The Balaban J connectivity index is 1.08. The molecular weight excluding hydrogens is 789 g/mol. The minimum absolute atomic E-state index is 0.198. The third-order valence-corrected chi connectivity index (χ3v) is 11.4. The van der Waals surface area contributed by atoms with E-state index in [-0.39, 0.29) is 22.7 Å². The molecule has 64 heavy (non-hydrogen) atoms. The summed E-state index contributed by atoms with van der Waals surface area (Å²) in [5, 5.41) is 28.3. The van der Waals surface area contributed by atoms with Crippen LogP contribution >= 0.6 is 0 Å². The van der Waals surface area contributed by atoms with Crippen molar-refractivity contribution in [1.29, 1.82) is 0 Å². The van der Waals surface area contributed by atoms with E-state index in [2.05, 4.69) is 33.4 Å². The summed E-state index contributed by atoms with van der Waals surface area (Å²) < 4.78 is 4.14. The first-order valence-electron chi connectivity index (χ1n) is 21.8. The maximum absolute atomic E-state index is 14.6. The summed E-state index contributed by atoms with van der Waals surface area (Å²) in [7, 11) is 0. The molecule has 6 aromatic carbocycles. The number of anilines is 4. The Morgan fingerprint density at radius 3 is 1.45 bits per heavy atom. The fourth-order valence-corrected chi connectivity index (χ4v) is 8.23. The van der Waals surface area contributed by atoms with Crippen LogP contribution in [0.25, 0.3) is 5.57 Å². The van der Waals surface area contributed by atoms with E-state index < -0.39 is 0 Å². The van der Waals surface area contributed by atoms with Crippen molar-refractivity contribution in [2.24, 2.45) is 10.2 Å². The Kier molecular flexibility index (Phi) is 12.7. The number of aromatic nitrogens is 1. The van der Waals surface area contributed by atoms with Gasteiger partial charge in [0.1, 0.15) is 12.8 Å². The molecule has 2 heterocycles. The van der Waals surface area contributed by atoms with Crippen molar-refractivity contribution in [3.63, 3.8) is 0 Å². The summed E-state index contributed by atoms with van der Waals surface area (Å²) in [4.78, 5) is 14.6. The minimum Gasteiger partial charge on any atom is -0.871 e. The number of hydrogen-bond acceptors (Lipinski definition) is 6. The monoisotopic (exact) mass is 836 g/mol. The van der Waals surface area contributed by atoms with Crippen LogP contribution in [0.5, 0.6) is 0 Å². The van der Waals surface area contributed by atoms with Crippen LogP contribution in [0.3, 0.4) is 0 Å². The second-order valence-corrected chi connectivity index (χ2v) is 15.6. The first-order valence-corrected chi connectivity index (χ1v) is 21.8. The van der Waals surface area contributed by atoms with Gasteiger partial charge in [0.25, 0.3) is 0 Å². The second kappa shape index (κ2) is 19.7. The largest absolute Gasteiger partial charge is 0.871 e. The van der Waals surface area contributed by atoms with Crippen molar-refractivity contribution in [3.8, 4) is 0 Å². The van der Waals surface area contributed by atoms with Gasteiger partial charge >= 0.3 is 0 Å². The molecule has 0 saturated heterocycles. The smallest absolute Gasteiger partial charge is 0.226 e. The van der Waals surface area contributed by atoms with Crippen LogP contribution in [0.2, 0.25) is 0 Å².